The van der Waals surface area contributed by atoms with Crippen LogP contribution in [0.5, 0.6) is 5.75 Å². The molecule has 0 spiro atoms. The number of hydrogen-bond acceptors (Lipinski definition) is 2. The molecule has 1 fully saturated rings. The second kappa shape index (κ2) is 7.83. The minimum Gasteiger partial charge on any atom is -0.493 e. The van der Waals surface area contributed by atoms with Crippen molar-refractivity contribution < 1.29 is 9.53 Å². The van der Waals surface area contributed by atoms with Crippen LogP contribution in [0.1, 0.15) is 39.0 Å². The van der Waals surface area contributed by atoms with Gasteiger partial charge in [0.05, 0.1) is 13.0 Å². The zero-order valence-electron chi connectivity index (χ0n) is 12.6. The van der Waals surface area contributed by atoms with Gasteiger partial charge in [-0.1, -0.05) is 53.9 Å². The minimum absolute atomic E-state index is 0.0680. The third kappa shape index (κ3) is 5.03. The van der Waals surface area contributed by atoms with E-state index in [-0.39, 0.29) is 11.4 Å². The molecule has 1 aromatic rings. The van der Waals surface area contributed by atoms with E-state index in [4.69, 9.17) is 4.74 Å². The van der Waals surface area contributed by atoms with Gasteiger partial charge in [0, 0.05) is 10.9 Å². The van der Waals surface area contributed by atoms with Gasteiger partial charge in [0.2, 0.25) is 5.91 Å². The lowest BCUT2D eigenvalue weighted by molar-refractivity contribution is -0.123. The minimum atomic E-state index is -0.0680. The van der Waals surface area contributed by atoms with Crippen LogP contribution in [-0.2, 0) is 4.79 Å². The summed E-state index contributed by atoms with van der Waals surface area (Å²) in [7, 11) is 0. The van der Waals surface area contributed by atoms with Gasteiger partial charge in [-0.15, -0.1) is 0 Å². The van der Waals surface area contributed by atoms with Crippen LogP contribution in [0.15, 0.2) is 30.3 Å². The highest BCUT2D eigenvalue weighted by Crippen LogP contribution is 2.33. The number of alkyl halides is 1. The normalized spacial score (nSPS) is 25.3. The van der Waals surface area contributed by atoms with Crippen LogP contribution in [-0.4, -0.2) is 23.4 Å². The SMILES string of the molecule is CC1CCCC(CBr)(NC(=O)CCOc2ccccc2)C1. The first-order valence-corrected chi connectivity index (χ1v) is 8.80. The van der Waals surface area contributed by atoms with Gasteiger partial charge in [-0.2, -0.15) is 0 Å². The molecule has 1 aromatic carbocycles. The van der Waals surface area contributed by atoms with Crippen molar-refractivity contribution in [1.82, 2.24) is 5.32 Å². The lowest BCUT2D eigenvalue weighted by Gasteiger charge is -2.39. The lowest BCUT2D eigenvalue weighted by atomic mass is 9.77. The number of carbonyl (C=O) groups excluding carboxylic acids is 1. The van der Waals surface area contributed by atoms with Gasteiger partial charge >= 0.3 is 0 Å². The highest BCUT2D eigenvalue weighted by atomic mass is 79.9. The Bertz CT molecular complexity index is 451. The van der Waals surface area contributed by atoms with E-state index in [9.17, 15) is 4.79 Å². The van der Waals surface area contributed by atoms with E-state index in [0.29, 0.717) is 18.9 Å². The fourth-order valence-corrected chi connectivity index (χ4v) is 3.71. The van der Waals surface area contributed by atoms with Crippen molar-refractivity contribution in [2.45, 2.75) is 44.6 Å². The van der Waals surface area contributed by atoms with E-state index in [0.717, 1.165) is 23.9 Å². The molecule has 0 aliphatic heterocycles. The Morgan fingerprint density at radius 2 is 2.19 bits per heavy atom. The Morgan fingerprint density at radius 1 is 1.43 bits per heavy atom. The van der Waals surface area contributed by atoms with E-state index in [1.54, 1.807) is 0 Å². The Morgan fingerprint density at radius 3 is 2.86 bits per heavy atom. The second-order valence-corrected chi connectivity index (χ2v) is 6.64. The molecule has 1 N–H and O–H groups in total. The van der Waals surface area contributed by atoms with Crippen LogP contribution in [0.4, 0.5) is 0 Å². The summed E-state index contributed by atoms with van der Waals surface area (Å²) in [6.07, 6.45) is 4.98. The first-order chi connectivity index (χ1) is 10.1. The molecule has 1 amide bonds. The Kier molecular flexibility index (Phi) is 6.09. The van der Waals surface area contributed by atoms with Crippen molar-refractivity contribution in [3.8, 4) is 5.75 Å². The van der Waals surface area contributed by atoms with Crippen LogP contribution >= 0.6 is 15.9 Å². The molecule has 2 rings (SSSR count). The zero-order chi connectivity index (χ0) is 15.1. The highest BCUT2D eigenvalue weighted by molar-refractivity contribution is 9.09. The van der Waals surface area contributed by atoms with Crippen LogP contribution in [0.3, 0.4) is 0 Å². The fraction of sp³-hybridized carbons (Fsp3) is 0.588. The van der Waals surface area contributed by atoms with Crippen molar-refractivity contribution in [1.29, 1.82) is 0 Å². The summed E-state index contributed by atoms with van der Waals surface area (Å²) in [5.41, 5.74) is -0.0680. The van der Waals surface area contributed by atoms with E-state index < -0.39 is 0 Å². The summed E-state index contributed by atoms with van der Waals surface area (Å²) >= 11 is 3.58. The van der Waals surface area contributed by atoms with E-state index in [1.807, 2.05) is 30.3 Å². The Labute approximate surface area is 135 Å². The molecule has 0 saturated heterocycles. The molecule has 3 nitrogen and oxygen atoms in total. The number of benzene rings is 1. The molecule has 1 aliphatic carbocycles. The number of ether oxygens (including phenoxy) is 1. The molecule has 0 radical (unpaired) electrons. The predicted molar refractivity (Wildman–Crippen MR) is 88.9 cm³/mol. The topological polar surface area (TPSA) is 38.3 Å². The highest BCUT2D eigenvalue weighted by Gasteiger charge is 2.35. The molecule has 0 heterocycles. The summed E-state index contributed by atoms with van der Waals surface area (Å²) in [6.45, 7) is 2.69. The number of nitrogens with one attached hydrogen (secondary N) is 1. The molecule has 21 heavy (non-hydrogen) atoms. The van der Waals surface area contributed by atoms with Gasteiger partial charge in [0.25, 0.3) is 0 Å². The molecule has 1 aliphatic rings. The number of amides is 1. The first-order valence-electron chi connectivity index (χ1n) is 7.68. The molecule has 4 heteroatoms. The van der Waals surface area contributed by atoms with E-state index in [1.165, 1.54) is 12.8 Å². The maximum absolute atomic E-state index is 12.2. The Balaban J connectivity index is 1.77. The van der Waals surface area contributed by atoms with Crippen molar-refractivity contribution in [2.24, 2.45) is 5.92 Å². The number of rotatable bonds is 6. The standard InChI is InChI=1S/C17H24BrNO2/c1-14-6-5-10-17(12-14,13-18)19-16(20)9-11-21-15-7-3-2-4-8-15/h2-4,7-8,14H,5-6,9-13H2,1H3,(H,19,20). The summed E-state index contributed by atoms with van der Waals surface area (Å²) in [5, 5.41) is 4.06. The quantitative estimate of drug-likeness (QED) is 0.787. The van der Waals surface area contributed by atoms with Crippen LogP contribution < -0.4 is 10.1 Å². The predicted octanol–water partition coefficient (Wildman–Crippen LogP) is 3.92. The smallest absolute Gasteiger partial charge is 0.223 e. The largest absolute Gasteiger partial charge is 0.493 e. The van der Waals surface area contributed by atoms with Crippen LogP contribution in [0.2, 0.25) is 0 Å². The Hall–Kier alpha value is -1.03. The van der Waals surface area contributed by atoms with Crippen molar-refractivity contribution >= 4 is 21.8 Å². The maximum Gasteiger partial charge on any atom is 0.223 e. The summed E-state index contributed by atoms with van der Waals surface area (Å²) in [5.74, 6) is 1.57. The van der Waals surface area contributed by atoms with Gasteiger partial charge in [-0.05, 0) is 30.9 Å². The summed E-state index contributed by atoms with van der Waals surface area (Å²) in [6, 6.07) is 9.61. The lowest BCUT2D eigenvalue weighted by Crippen LogP contribution is -2.52. The summed E-state index contributed by atoms with van der Waals surface area (Å²) < 4.78 is 5.58. The molecule has 0 bridgehead atoms. The van der Waals surface area contributed by atoms with Crippen molar-refractivity contribution in [3.05, 3.63) is 30.3 Å². The molecule has 2 atom stereocenters. The van der Waals surface area contributed by atoms with Gasteiger partial charge in [0.1, 0.15) is 5.75 Å². The third-order valence-corrected chi connectivity index (χ3v) is 5.17. The second-order valence-electron chi connectivity index (χ2n) is 6.08. The average Bonchev–Trinajstić information content (AvgIpc) is 2.48. The number of hydrogen-bond donors (Lipinski definition) is 1. The molecule has 0 aromatic heterocycles. The third-order valence-electron chi connectivity index (χ3n) is 4.09. The summed E-state index contributed by atoms with van der Waals surface area (Å²) in [4.78, 5) is 12.2. The number of carbonyl (C=O) groups is 1. The zero-order valence-corrected chi connectivity index (χ0v) is 14.2. The van der Waals surface area contributed by atoms with Gasteiger partial charge in [-0.25, -0.2) is 0 Å². The molecular formula is C17H24BrNO2. The monoisotopic (exact) mass is 353 g/mol. The average molecular weight is 354 g/mol. The molecule has 116 valence electrons. The molecule has 1 saturated carbocycles. The number of halogens is 1. The van der Waals surface area contributed by atoms with Gasteiger partial charge < -0.3 is 10.1 Å². The van der Waals surface area contributed by atoms with Crippen LogP contribution in [0, 0.1) is 5.92 Å². The van der Waals surface area contributed by atoms with Crippen molar-refractivity contribution in [3.63, 3.8) is 0 Å². The van der Waals surface area contributed by atoms with E-state index >= 15 is 0 Å². The van der Waals surface area contributed by atoms with E-state index in [2.05, 4.69) is 28.2 Å². The fourth-order valence-electron chi connectivity index (χ4n) is 3.06. The maximum atomic E-state index is 12.2. The van der Waals surface area contributed by atoms with Crippen LogP contribution in [0.25, 0.3) is 0 Å². The first kappa shape index (κ1) is 16.3. The molecule has 2 unspecified atom stereocenters. The number of para-hydroxylation sites is 1. The van der Waals surface area contributed by atoms with Gasteiger partial charge in [0.15, 0.2) is 0 Å². The molecular weight excluding hydrogens is 330 g/mol. The van der Waals surface area contributed by atoms with Crippen molar-refractivity contribution in [2.75, 3.05) is 11.9 Å². The van der Waals surface area contributed by atoms with Gasteiger partial charge in [-0.3, -0.25) is 4.79 Å².